The van der Waals surface area contributed by atoms with Crippen molar-refractivity contribution >= 4 is 32.4 Å². The Labute approximate surface area is 176 Å². The van der Waals surface area contributed by atoms with Crippen molar-refractivity contribution in [3.63, 3.8) is 0 Å². The van der Waals surface area contributed by atoms with Gasteiger partial charge in [0.15, 0.2) is 11.5 Å². The number of rotatable bonds is 8. The number of carbonyl (C=O) groups excluding carboxylic acids is 1. The fourth-order valence-electron chi connectivity index (χ4n) is 3.12. The van der Waals surface area contributed by atoms with Gasteiger partial charge in [-0.3, -0.25) is 4.79 Å². The average Bonchev–Trinajstić information content (AvgIpc) is 2.76. The van der Waals surface area contributed by atoms with Gasteiger partial charge in [-0.25, -0.2) is 8.42 Å². The molecule has 0 heterocycles. The van der Waals surface area contributed by atoms with Gasteiger partial charge in [0.05, 0.1) is 25.7 Å². The molecule has 158 valence electrons. The van der Waals surface area contributed by atoms with E-state index >= 15 is 0 Å². The van der Waals surface area contributed by atoms with Crippen LogP contribution in [0.25, 0.3) is 10.8 Å². The van der Waals surface area contributed by atoms with Crippen molar-refractivity contribution in [1.29, 1.82) is 0 Å². The molecule has 3 aromatic rings. The minimum Gasteiger partial charge on any atom is -0.493 e. The van der Waals surface area contributed by atoms with Crippen molar-refractivity contribution < 1.29 is 22.7 Å². The van der Waals surface area contributed by atoms with Gasteiger partial charge >= 0.3 is 0 Å². The highest BCUT2D eigenvalue weighted by Crippen LogP contribution is 2.29. The first-order valence-electron chi connectivity index (χ1n) is 9.40. The number of likely N-dealkylation sites (N-methyl/N-ethyl adjacent to an activating group) is 1. The molecule has 3 aromatic carbocycles. The second-order valence-corrected chi connectivity index (χ2v) is 8.50. The number of hydrogen-bond acceptors (Lipinski definition) is 5. The van der Waals surface area contributed by atoms with E-state index in [-0.39, 0.29) is 18.0 Å². The molecule has 0 aliphatic carbocycles. The molecule has 0 saturated carbocycles. The minimum absolute atomic E-state index is 0.155. The van der Waals surface area contributed by atoms with Crippen molar-refractivity contribution in [2.45, 2.75) is 11.8 Å². The van der Waals surface area contributed by atoms with Gasteiger partial charge in [-0.05, 0) is 35.0 Å². The van der Waals surface area contributed by atoms with E-state index in [4.69, 9.17) is 9.47 Å². The Hall–Kier alpha value is -3.10. The first-order valence-corrected chi connectivity index (χ1v) is 10.8. The number of ether oxygens (including phenoxy) is 2. The number of nitrogens with one attached hydrogen (secondary N) is 1. The molecule has 3 rings (SSSR count). The van der Waals surface area contributed by atoms with E-state index in [1.54, 1.807) is 43.3 Å². The summed E-state index contributed by atoms with van der Waals surface area (Å²) in [6.07, 6.45) is 0. The smallest absolute Gasteiger partial charge is 0.243 e. The quantitative estimate of drug-likeness (QED) is 0.594. The molecular weight excluding hydrogens is 404 g/mol. The van der Waals surface area contributed by atoms with E-state index in [2.05, 4.69) is 5.32 Å². The number of nitrogens with zero attached hydrogens (tertiary/aromatic N) is 1. The molecule has 0 atom stereocenters. The number of carbonyl (C=O) groups is 1. The maximum absolute atomic E-state index is 13.1. The van der Waals surface area contributed by atoms with Crippen LogP contribution in [0.3, 0.4) is 0 Å². The van der Waals surface area contributed by atoms with Crippen LogP contribution in [0.1, 0.15) is 6.92 Å². The molecule has 0 unspecified atom stereocenters. The Bertz CT molecular complexity index is 1160. The molecule has 0 aliphatic heterocycles. The van der Waals surface area contributed by atoms with Crippen molar-refractivity contribution in [3.05, 3.63) is 60.7 Å². The third kappa shape index (κ3) is 4.55. The van der Waals surface area contributed by atoms with Gasteiger partial charge in [0.1, 0.15) is 0 Å². The van der Waals surface area contributed by atoms with E-state index in [0.717, 1.165) is 15.1 Å². The largest absolute Gasteiger partial charge is 0.493 e. The fraction of sp³-hybridized carbons (Fsp3) is 0.227. The predicted octanol–water partition coefficient (Wildman–Crippen LogP) is 3.51. The summed E-state index contributed by atoms with van der Waals surface area (Å²) in [6, 6.07) is 17.4. The van der Waals surface area contributed by atoms with Crippen molar-refractivity contribution in [2.75, 3.05) is 32.6 Å². The Balaban J connectivity index is 1.78. The Morgan fingerprint density at radius 2 is 1.63 bits per heavy atom. The van der Waals surface area contributed by atoms with Crippen LogP contribution < -0.4 is 14.8 Å². The normalized spacial score (nSPS) is 11.5. The number of hydrogen-bond donors (Lipinski definition) is 1. The lowest BCUT2D eigenvalue weighted by Gasteiger charge is -2.20. The number of benzene rings is 3. The lowest BCUT2D eigenvalue weighted by atomic mass is 10.1. The second-order valence-electron chi connectivity index (χ2n) is 6.56. The summed E-state index contributed by atoms with van der Waals surface area (Å²) < 4.78 is 37.7. The number of sulfonamides is 1. The second kappa shape index (κ2) is 9.15. The zero-order valence-electron chi connectivity index (χ0n) is 17.1. The number of anilines is 1. The first-order chi connectivity index (χ1) is 14.4. The molecule has 0 spiro atoms. The van der Waals surface area contributed by atoms with Gasteiger partial charge in [0.2, 0.25) is 15.9 Å². The molecule has 8 heteroatoms. The van der Waals surface area contributed by atoms with Crippen molar-refractivity contribution in [2.24, 2.45) is 0 Å². The Morgan fingerprint density at radius 1 is 0.933 bits per heavy atom. The topological polar surface area (TPSA) is 84.9 Å². The number of methoxy groups -OCH3 is 2. The molecule has 1 N–H and O–H groups in total. The van der Waals surface area contributed by atoms with Crippen LogP contribution in [0.15, 0.2) is 65.6 Å². The number of amides is 1. The SMILES string of the molecule is CCN(CC(=O)Nc1ccc(OC)c(OC)c1)S(=O)(=O)c1ccc2ccccc2c1. The van der Waals surface area contributed by atoms with E-state index < -0.39 is 15.9 Å². The molecule has 0 fully saturated rings. The zero-order valence-corrected chi connectivity index (χ0v) is 17.9. The highest BCUT2D eigenvalue weighted by Gasteiger charge is 2.25. The lowest BCUT2D eigenvalue weighted by Crippen LogP contribution is -2.37. The highest BCUT2D eigenvalue weighted by atomic mass is 32.2. The van der Waals surface area contributed by atoms with Gasteiger partial charge in [0.25, 0.3) is 0 Å². The first kappa shape index (κ1) is 21.6. The molecular formula is C22H24N2O5S. The van der Waals surface area contributed by atoms with Crippen LogP contribution in [0.5, 0.6) is 11.5 Å². The highest BCUT2D eigenvalue weighted by molar-refractivity contribution is 7.89. The van der Waals surface area contributed by atoms with Gasteiger partial charge < -0.3 is 14.8 Å². The Morgan fingerprint density at radius 3 is 2.30 bits per heavy atom. The maximum Gasteiger partial charge on any atom is 0.243 e. The van der Waals surface area contributed by atoms with Crippen LogP contribution in [-0.4, -0.2) is 45.9 Å². The molecule has 0 saturated heterocycles. The summed E-state index contributed by atoms with van der Waals surface area (Å²) in [5, 5.41) is 4.48. The molecule has 1 amide bonds. The summed E-state index contributed by atoms with van der Waals surface area (Å²) in [4.78, 5) is 12.7. The Kier molecular flexibility index (Phi) is 6.59. The van der Waals surface area contributed by atoms with E-state index in [0.29, 0.717) is 17.2 Å². The summed E-state index contributed by atoms with van der Waals surface area (Å²) in [5.41, 5.74) is 0.483. The van der Waals surface area contributed by atoms with Crippen LogP contribution in [0.4, 0.5) is 5.69 Å². The van der Waals surface area contributed by atoms with E-state index in [1.807, 2.05) is 24.3 Å². The van der Waals surface area contributed by atoms with Crippen LogP contribution >= 0.6 is 0 Å². The van der Waals surface area contributed by atoms with Gasteiger partial charge in [-0.1, -0.05) is 37.3 Å². The molecule has 0 radical (unpaired) electrons. The summed E-state index contributed by atoms with van der Waals surface area (Å²) in [5.74, 6) is 0.546. The molecule has 7 nitrogen and oxygen atoms in total. The zero-order chi connectivity index (χ0) is 21.7. The standard InChI is InChI=1S/C22H24N2O5S/c1-4-24(15-22(25)23-18-10-12-20(28-2)21(14-18)29-3)30(26,27)19-11-9-16-7-5-6-8-17(16)13-19/h5-14H,4,15H2,1-3H3,(H,23,25). The average molecular weight is 429 g/mol. The van der Waals surface area contributed by atoms with Crippen LogP contribution in [0.2, 0.25) is 0 Å². The van der Waals surface area contributed by atoms with Crippen LogP contribution in [-0.2, 0) is 14.8 Å². The van der Waals surface area contributed by atoms with Gasteiger partial charge in [0, 0.05) is 18.3 Å². The van der Waals surface area contributed by atoms with Crippen LogP contribution in [0, 0.1) is 0 Å². The van der Waals surface area contributed by atoms with Crippen molar-refractivity contribution in [1.82, 2.24) is 4.31 Å². The monoisotopic (exact) mass is 428 g/mol. The lowest BCUT2D eigenvalue weighted by molar-refractivity contribution is -0.116. The molecule has 0 bridgehead atoms. The molecule has 0 aromatic heterocycles. The molecule has 0 aliphatic rings. The summed E-state index contributed by atoms with van der Waals surface area (Å²) in [6.45, 7) is 1.55. The van der Waals surface area contributed by atoms with E-state index in [1.165, 1.54) is 14.2 Å². The van der Waals surface area contributed by atoms with Crippen molar-refractivity contribution in [3.8, 4) is 11.5 Å². The third-order valence-corrected chi connectivity index (χ3v) is 6.62. The minimum atomic E-state index is -3.83. The third-order valence-electron chi connectivity index (χ3n) is 4.70. The fourth-order valence-corrected chi connectivity index (χ4v) is 4.56. The van der Waals surface area contributed by atoms with Gasteiger partial charge in [-0.15, -0.1) is 0 Å². The number of fused-ring (bicyclic) bond motifs is 1. The maximum atomic E-state index is 13.1. The molecule has 30 heavy (non-hydrogen) atoms. The van der Waals surface area contributed by atoms with E-state index in [9.17, 15) is 13.2 Å². The summed E-state index contributed by atoms with van der Waals surface area (Å²) >= 11 is 0. The predicted molar refractivity (Wildman–Crippen MR) is 117 cm³/mol. The summed E-state index contributed by atoms with van der Waals surface area (Å²) in [7, 11) is -0.806. The van der Waals surface area contributed by atoms with Gasteiger partial charge in [-0.2, -0.15) is 4.31 Å².